The van der Waals surface area contributed by atoms with Gasteiger partial charge in [0.05, 0.1) is 18.3 Å². The van der Waals surface area contributed by atoms with E-state index < -0.39 is 0 Å². The summed E-state index contributed by atoms with van der Waals surface area (Å²) in [4.78, 5) is 11.6. The van der Waals surface area contributed by atoms with E-state index in [0.29, 0.717) is 29.8 Å². The molecule has 0 radical (unpaired) electrons. The molecule has 2 aliphatic heterocycles. The molecule has 0 aromatic heterocycles. The van der Waals surface area contributed by atoms with Crippen molar-refractivity contribution in [2.24, 2.45) is 22.7 Å². The number of halogens is 5. The summed E-state index contributed by atoms with van der Waals surface area (Å²) in [5, 5.41) is 10.0. The van der Waals surface area contributed by atoms with Crippen molar-refractivity contribution in [1.29, 1.82) is 0 Å². The van der Waals surface area contributed by atoms with Crippen LogP contribution in [0.25, 0.3) is 0 Å². The molecule has 2 heterocycles. The molecule has 4 saturated carbocycles. The number of aliphatic hydroxyl groups is 1. The molecule has 6 rings (SSSR count). The molecule has 0 amide bonds. The summed E-state index contributed by atoms with van der Waals surface area (Å²) in [5.74, 6) is 1.31. The molecule has 10 heteroatoms. The standard InChI is InChI=1S/C12H20O2.C12H18O2.I2.3HI.V/c2*1-8-12(14-8)7-5-9-10(13)4-3-6-11(9,12)2;1-2;;;;/h8-10,13H,3-7H2,1-2H3;8-9H,3-7H2,1-2H3;;3*1H;/q;;;;;;+3/p-3/t8-,9?,10?,11-,12?;8-,9?,11-,12?;;;;;/m00...../s1. The van der Waals surface area contributed by atoms with Gasteiger partial charge < -0.3 is 14.6 Å². The molecule has 9 atom stereocenters. The summed E-state index contributed by atoms with van der Waals surface area (Å²) in [6.07, 6.45) is 11.8. The summed E-state index contributed by atoms with van der Waals surface area (Å²) in [7, 11) is 0. The van der Waals surface area contributed by atoms with E-state index in [1.54, 1.807) is 0 Å². The Kier molecular flexibility index (Phi) is 12.1. The van der Waals surface area contributed by atoms with Crippen molar-refractivity contribution in [3.05, 3.63) is 0 Å². The number of hydrogen-bond acceptors (Lipinski definition) is 4. The Morgan fingerprint density at radius 2 is 1.32 bits per heavy atom. The van der Waals surface area contributed by atoms with Crippen molar-refractivity contribution in [2.75, 3.05) is 0 Å². The van der Waals surface area contributed by atoms with Crippen LogP contribution >= 0.6 is 97.2 Å². The van der Waals surface area contributed by atoms with E-state index in [1.807, 2.05) is 0 Å². The second kappa shape index (κ2) is 12.7. The van der Waals surface area contributed by atoms with Crippen LogP contribution in [0.15, 0.2) is 0 Å². The minimum atomic E-state index is -0.278. The van der Waals surface area contributed by atoms with Gasteiger partial charge in [-0.25, -0.2) is 0 Å². The Hall–Kier alpha value is 3.78. The van der Waals surface area contributed by atoms with Gasteiger partial charge in [-0.15, -0.1) is 0 Å². The molecule has 4 aliphatic carbocycles. The fourth-order valence-electron chi connectivity index (χ4n) is 8.43. The summed E-state index contributed by atoms with van der Waals surface area (Å²) >= 11 is 11.6. The van der Waals surface area contributed by atoms with Crippen molar-refractivity contribution in [3.8, 4) is 0 Å². The van der Waals surface area contributed by atoms with Gasteiger partial charge in [0.1, 0.15) is 17.0 Å². The third-order valence-corrected chi connectivity index (χ3v) is 10.3. The van der Waals surface area contributed by atoms with Gasteiger partial charge in [-0.2, -0.15) is 0 Å². The van der Waals surface area contributed by atoms with E-state index in [1.165, 1.54) is 32.1 Å². The Labute approximate surface area is 267 Å². The molecule has 0 aromatic rings. The maximum absolute atomic E-state index is 11.8. The SMILES string of the molecule is C[C@@H]1OC12CCC1C(=O)CCC[C@@]12C.C[C@@H]1OC12CCC1C(O)CCC[C@@]12C.II.[I][V]([I])[I]. The molecule has 2 spiro atoms. The number of Topliss-reactive ketones (excluding diaryl/α,β-unsaturated/α-hetero) is 1. The van der Waals surface area contributed by atoms with Crippen molar-refractivity contribution in [3.63, 3.8) is 0 Å². The molecule has 2 saturated heterocycles. The monoisotopic (exact) mass is 1080 g/mol. The van der Waals surface area contributed by atoms with E-state index in [2.05, 4.69) is 125 Å². The number of ether oxygens (including phenoxy) is 2. The van der Waals surface area contributed by atoms with Gasteiger partial charge in [0, 0.05) is 60.4 Å². The molecular formula is C24H38I5O4V. The van der Waals surface area contributed by atoms with Gasteiger partial charge in [0.25, 0.3) is 0 Å². The van der Waals surface area contributed by atoms with E-state index in [0.717, 1.165) is 32.1 Å². The number of rotatable bonds is 0. The predicted octanol–water partition coefficient (Wildman–Crippen LogP) is 8.84. The molecule has 6 aliphatic rings. The van der Waals surface area contributed by atoms with Crippen molar-refractivity contribution >= 4 is 103 Å². The molecule has 4 nitrogen and oxygen atoms in total. The number of ketones is 1. The molecule has 6 fully saturated rings. The van der Waals surface area contributed by atoms with Crippen molar-refractivity contribution in [2.45, 2.75) is 121 Å². The molecule has 5 unspecified atom stereocenters. The summed E-state index contributed by atoms with van der Waals surface area (Å²) in [5.41, 5.74) is 0.679. The average molecular weight is 1080 g/mol. The number of aliphatic hydroxyl groups excluding tert-OH is 1. The number of carbonyl (C=O) groups excluding carboxylic acids is 1. The molecule has 0 aromatic carbocycles. The number of carbonyl (C=O) groups is 1. The second-order valence-electron chi connectivity index (χ2n) is 11.3. The topological polar surface area (TPSA) is 62.4 Å². The second-order valence-corrected chi connectivity index (χ2v) is 46.7. The minimum absolute atomic E-state index is 0.0653. The average Bonchev–Trinajstić information content (AvgIpc) is 3.55. The van der Waals surface area contributed by atoms with Gasteiger partial charge in [-0.3, -0.25) is 4.79 Å². The van der Waals surface area contributed by atoms with Crippen LogP contribution < -0.4 is 0 Å². The Morgan fingerprint density at radius 1 is 0.853 bits per heavy atom. The Balaban J connectivity index is 0.000000156. The van der Waals surface area contributed by atoms with Gasteiger partial charge in [0.2, 0.25) is 0 Å². The van der Waals surface area contributed by atoms with Crippen LogP contribution in [0.4, 0.5) is 0 Å². The van der Waals surface area contributed by atoms with Gasteiger partial charge in [-0.1, -0.05) is 20.3 Å². The molecule has 0 bridgehead atoms. The normalized spacial score (nSPS) is 49.7. The van der Waals surface area contributed by atoms with Crippen LogP contribution in [0.5, 0.6) is 0 Å². The summed E-state index contributed by atoms with van der Waals surface area (Å²) < 4.78 is 11.7. The summed E-state index contributed by atoms with van der Waals surface area (Å²) in [6, 6.07) is 0. The van der Waals surface area contributed by atoms with Crippen molar-refractivity contribution < 1.29 is 24.3 Å². The number of hydrogen-bond donors (Lipinski definition) is 1. The zero-order valence-electron chi connectivity index (χ0n) is 20.5. The fraction of sp³-hybridized carbons (Fsp3) is 0.958. The maximum atomic E-state index is 11.8. The number of epoxide rings is 2. The van der Waals surface area contributed by atoms with Crippen molar-refractivity contribution in [1.82, 2.24) is 0 Å². The molecule has 1 N–H and O–H groups in total. The first-order chi connectivity index (χ1) is 15.9. The molecular weight excluding hydrogens is 1040 g/mol. The third-order valence-electron chi connectivity index (χ3n) is 10.3. The van der Waals surface area contributed by atoms with E-state index >= 15 is 0 Å². The third kappa shape index (κ3) is 5.88. The van der Waals surface area contributed by atoms with Gasteiger partial charge >= 0.3 is 64.9 Å². The van der Waals surface area contributed by atoms with Crippen LogP contribution in [0, 0.1) is 22.7 Å². The number of fused-ring (bicyclic) bond motifs is 4. The van der Waals surface area contributed by atoms with E-state index in [9.17, 15) is 9.90 Å². The van der Waals surface area contributed by atoms with E-state index in [-0.39, 0.29) is 33.1 Å². The van der Waals surface area contributed by atoms with Crippen LogP contribution in [0.3, 0.4) is 0 Å². The van der Waals surface area contributed by atoms with Gasteiger partial charge in [-0.05, 0) is 71.1 Å². The molecule has 198 valence electrons. The predicted molar refractivity (Wildman–Crippen MR) is 177 cm³/mol. The zero-order chi connectivity index (χ0) is 25.5. The first kappa shape index (κ1) is 32.3. The first-order valence-electron chi connectivity index (χ1n) is 12.4. The molecule has 34 heavy (non-hydrogen) atoms. The Morgan fingerprint density at radius 3 is 1.85 bits per heavy atom. The first-order valence-corrected chi connectivity index (χ1v) is 32.2. The summed E-state index contributed by atoms with van der Waals surface area (Å²) in [6.45, 7) is 8.98. The van der Waals surface area contributed by atoms with E-state index in [4.69, 9.17) is 9.47 Å². The van der Waals surface area contributed by atoms with Crippen LogP contribution in [-0.4, -0.2) is 40.4 Å². The Bertz CT molecular complexity index is 743. The van der Waals surface area contributed by atoms with Gasteiger partial charge in [0.15, 0.2) is 0 Å². The zero-order valence-corrected chi connectivity index (χ0v) is 32.7. The van der Waals surface area contributed by atoms with Crippen LogP contribution in [0.1, 0.15) is 91.9 Å². The fourth-order valence-corrected chi connectivity index (χ4v) is 8.43. The quantitative estimate of drug-likeness (QED) is 0.195. The van der Waals surface area contributed by atoms with Crippen LogP contribution in [-0.2, 0) is 19.2 Å². The van der Waals surface area contributed by atoms with Crippen LogP contribution in [0.2, 0.25) is 0 Å².